The molecule has 0 saturated heterocycles. The number of hydrogen-bond acceptors (Lipinski definition) is 5. The van der Waals surface area contributed by atoms with Crippen molar-refractivity contribution in [2.24, 2.45) is 0 Å². The van der Waals surface area contributed by atoms with Gasteiger partial charge >= 0.3 is 0 Å². The summed E-state index contributed by atoms with van der Waals surface area (Å²) in [6.45, 7) is 1.88. The summed E-state index contributed by atoms with van der Waals surface area (Å²) in [5.74, 6) is 1.12. The molecule has 0 fully saturated rings. The topological polar surface area (TPSA) is 54.9 Å². The van der Waals surface area contributed by atoms with Crippen molar-refractivity contribution < 1.29 is 14.3 Å². The van der Waals surface area contributed by atoms with E-state index in [2.05, 4.69) is 9.88 Å². The Morgan fingerprint density at radius 2 is 1.76 bits per heavy atom. The number of carbonyl (C=O) groups is 1. The smallest absolute Gasteiger partial charge is 0.254 e. The van der Waals surface area contributed by atoms with E-state index in [-0.39, 0.29) is 5.91 Å². The SMILES string of the molecule is COc1cc(OC)cc(C(=O)N(CCN(C)C)Cc2cccnc2)c1. The Hall–Kier alpha value is -2.60. The van der Waals surface area contributed by atoms with E-state index in [1.54, 1.807) is 44.8 Å². The lowest BCUT2D eigenvalue weighted by Gasteiger charge is -2.25. The average molecular weight is 343 g/mol. The maximum atomic E-state index is 13.1. The molecule has 0 spiro atoms. The molecule has 25 heavy (non-hydrogen) atoms. The molecule has 2 rings (SSSR count). The van der Waals surface area contributed by atoms with Gasteiger partial charge in [-0.15, -0.1) is 0 Å². The molecule has 0 aliphatic carbocycles. The van der Waals surface area contributed by atoms with Crippen LogP contribution in [0.4, 0.5) is 0 Å². The van der Waals surface area contributed by atoms with Crippen LogP contribution in [-0.4, -0.2) is 62.1 Å². The maximum absolute atomic E-state index is 13.1. The fourth-order valence-corrected chi connectivity index (χ4v) is 2.40. The molecular weight excluding hydrogens is 318 g/mol. The van der Waals surface area contributed by atoms with E-state index in [0.29, 0.717) is 30.2 Å². The molecule has 0 bridgehead atoms. The number of rotatable bonds is 8. The Bertz CT molecular complexity index is 667. The van der Waals surface area contributed by atoms with Gasteiger partial charge in [-0.25, -0.2) is 0 Å². The van der Waals surface area contributed by atoms with Crippen molar-refractivity contribution in [2.75, 3.05) is 41.4 Å². The highest BCUT2D eigenvalue weighted by Gasteiger charge is 2.18. The van der Waals surface area contributed by atoms with E-state index in [4.69, 9.17) is 9.47 Å². The molecule has 0 atom stereocenters. The first-order chi connectivity index (χ1) is 12.0. The first kappa shape index (κ1) is 18.7. The van der Waals surface area contributed by atoms with E-state index in [0.717, 1.165) is 12.1 Å². The number of aromatic nitrogens is 1. The number of benzene rings is 1. The molecule has 0 aliphatic rings. The second-order valence-electron chi connectivity index (χ2n) is 5.99. The third-order valence-corrected chi connectivity index (χ3v) is 3.80. The minimum atomic E-state index is -0.0668. The number of hydrogen-bond donors (Lipinski definition) is 0. The lowest BCUT2D eigenvalue weighted by molar-refractivity contribution is 0.0731. The molecule has 134 valence electrons. The first-order valence-electron chi connectivity index (χ1n) is 8.09. The minimum absolute atomic E-state index is 0.0668. The molecule has 0 N–H and O–H groups in total. The summed E-state index contributed by atoms with van der Waals surface area (Å²) in [4.78, 5) is 21.1. The molecule has 0 unspecified atom stereocenters. The third-order valence-electron chi connectivity index (χ3n) is 3.80. The van der Waals surface area contributed by atoms with Crippen LogP contribution in [0.5, 0.6) is 11.5 Å². The second kappa shape index (κ2) is 9.03. The molecule has 1 amide bonds. The predicted octanol–water partition coefficient (Wildman–Crippen LogP) is 2.30. The van der Waals surface area contributed by atoms with Crippen LogP contribution in [0.25, 0.3) is 0 Å². The normalized spacial score (nSPS) is 10.6. The summed E-state index contributed by atoms with van der Waals surface area (Å²) in [6.07, 6.45) is 3.50. The number of amides is 1. The minimum Gasteiger partial charge on any atom is -0.497 e. The highest BCUT2D eigenvalue weighted by atomic mass is 16.5. The van der Waals surface area contributed by atoms with Gasteiger partial charge in [-0.3, -0.25) is 9.78 Å². The van der Waals surface area contributed by atoms with Crippen LogP contribution in [0.15, 0.2) is 42.7 Å². The standard InChI is InChI=1S/C19H25N3O3/c1-21(2)8-9-22(14-15-6-5-7-20-13-15)19(23)16-10-17(24-3)12-18(11-16)25-4/h5-7,10-13H,8-9,14H2,1-4H3. The van der Waals surface area contributed by atoms with Crippen molar-refractivity contribution in [3.05, 3.63) is 53.9 Å². The summed E-state index contributed by atoms with van der Waals surface area (Å²) in [5.41, 5.74) is 1.53. The van der Waals surface area contributed by atoms with Crippen LogP contribution in [0, 0.1) is 0 Å². The predicted molar refractivity (Wildman–Crippen MR) is 97.1 cm³/mol. The van der Waals surface area contributed by atoms with Gasteiger partial charge in [0, 0.05) is 43.7 Å². The van der Waals surface area contributed by atoms with Gasteiger partial charge in [0.2, 0.25) is 0 Å². The molecule has 0 aliphatic heterocycles. The van der Waals surface area contributed by atoms with Crippen molar-refractivity contribution >= 4 is 5.91 Å². The van der Waals surface area contributed by atoms with Crippen molar-refractivity contribution in [3.63, 3.8) is 0 Å². The lowest BCUT2D eigenvalue weighted by atomic mass is 10.1. The number of likely N-dealkylation sites (N-methyl/N-ethyl adjacent to an activating group) is 1. The van der Waals surface area contributed by atoms with E-state index >= 15 is 0 Å². The summed E-state index contributed by atoms with van der Waals surface area (Å²) in [5, 5.41) is 0. The molecule has 6 nitrogen and oxygen atoms in total. The molecule has 2 aromatic rings. The van der Waals surface area contributed by atoms with Gasteiger partial charge in [0.25, 0.3) is 5.91 Å². The van der Waals surface area contributed by atoms with Crippen LogP contribution in [0.3, 0.4) is 0 Å². The number of carbonyl (C=O) groups excluding carboxylic acids is 1. The Morgan fingerprint density at radius 1 is 1.08 bits per heavy atom. The molecule has 1 aromatic carbocycles. The zero-order valence-corrected chi connectivity index (χ0v) is 15.2. The largest absolute Gasteiger partial charge is 0.497 e. The van der Waals surface area contributed by atoms with Gasteiger partial charge in [0.05, 0.1) is 14.2 Å². The highest BCUT2D eigenvalue weighted by Crippen LogP contribution is 2.24. The Morgan fingerprint density at radius 3 is 2.28 bits per heavy atom. The summed E-state index contributed by atoms with van der Waals surface area (Å²) in [6, 6.07) is 9.06. The highest BCUT2D eigenvalue weighted by molar-refractivity contribution is 5.95. The van der Waals surface area contributed by atoms with Gasteiger partial charge in [-0.05, 0) is 37.9 Å². The third kappa shape index (κ3) is 5.46. The summed E-state index contributed by atoms with van der Waals surface area (Å²) >= 11 is 0. The fraction of sp³-hybridized carbons (Fsp3) is 0.368. The quantitative estimate of drug-likeness (QED) is 0.736. The first-order valence-corrected chi connectivity index (χ1v) is 8.09. The van der Waals surface area contributed by atoms with Crippen molar-refractivity contribution in [1.82, 2.24) is 14.8 Å². The van der Waals surface area contributed by atoms with E-state index in [9.17, 15) is 4.79 Å². The summed E-state index contributed by atoms with van der Waals surface area (Å²) in [7, 11) is 7.12. The second-order valence-corrected chi connectivity index (χ2v) is 5.99. The maximum Gasteiger partial charge on any atom is 0.254 e. The van der Waals surface area contributed by atoms with Crippen molar-refractivity contribution in [1.29, 1.82) is 0 Å². The Kier molecular flexibility index (Phi) is 6.77. The van der Waals surface area contributed by atoms with Gasteiger partial charge in [0.1, 0.15) is 11.5 Å². The summed E-state index contributed by atoms with van der Waals surface area (Å²) < 4.78 is 10.5. The zero-order valence-electron chi connectivity index (χ0n) is 15.2. The van der Waals surface area contributed by atoms with Gasteiger partial charge in [-0.1, -0.05) is 6.07 Å². The van der Waals surface area contributed by atoms with Gasteiger partial charge < -0.3 is 19.3 Å². The zero-order chi connectivity index (χ0) is 18.2. The Balaban J connectivity index is 2.27. The number of ether oxygens (including phenoxy) is 2. The molecule has 0 saturated carbocycles. The Labute approximate surface area is 149 Å². The average Bonchev–Trinajstić information content (AvgIpc) is 2.64. The van der Waals surface area contributed by atoms with E-state index < -0.39 is 0 Å². The lowest BCUT2D eigenvalue weighted by Crippen LogP contribution is -2.36. The van der Waals surface area contributed by atoms with Crippen molar-refractivity contribution in [3.8, 4) is 11.5 Å². The van der Waals surface area contributed by atoms with Gasteiger partial charge in [0.15, 0.2) is 0 Å². The van der Waals surface area contributed by atoms with Crippen molar-refractivity contribution in [2.45, 2.75) is 6.54 Å². The number of pyridine rings is 1. The van der Waals surface area contributed by atoms with Gasteiger partial charge in [-0.2, -0.15) is 0 Å². The van der Waals surface area contributed by atoms with E-state index in [1.807, 2.05) is 31.1 Å². The van der Waals surface area contributed by atoms with Crippen LogP contribution in [-0.2, 0) is 6.54 Å². The van der Waals surface area contributed by atoms with Crippen LogP contribution >= 0.6 is 0 Å². The molecule has 1 aromatic heterocycles. The van der Waals surface area contributed by atoms with E-state index in [1.165, 1.54) is 0 Å². The van der Waals surface area contributed by atoms with Crippen LogP contribution in [0.2, 0.25) is 0 Å². The molecule has 6 heteroatoms. The van der Waals surface area contributed by atoms with Crippen LogP contribution < -0.4 is 9.47 Å². The fourth-order valence-electron chi connectivity index (χ4n) is 2.40. The number of methoxy groups -OCH3 is 2. The molecule has 1 heterocycles. The number of nitrogens with zero attached hydrogens (tertiary/aromatic N) is 3. The van der Waals surface area contributed by atoms with Crippen LogP contribution in [0.1, 0.15) is 15.9 Å². The molecular formula is C19H25N3O3. The molecule has 0 radical (unpaired) electrons. The monoisotopic (exact) mass is 343 g/mol.